The molecule has 6 heteroatoms. The maximum Gasteiger partial charge on any atom is 0.247 e. The molecule has 1 aliphatic rings. The molecule has 1 aromatic heterocycles. The number of nitrogens with zero attached hydrogens (tertiary/aromatic N) is 4. The summed E-state index contributed by atoms with van der Waals surface area (Å²) in [7, 11) is 0. The lowest BCUT2D eigenvalue weighted by atomic mass is 9.91. The Morgan fingerprint density at radius 1 is 1.13 bits per heavy atom. The van der Waals surface area contributed by atoms with Gasteiger partial charge in [-0.25, -0.2) is 4.98 Å². The summed E-state index contributed by atoms with van der Waals surface area (Å²) in [4.78, 5) is 25.2. The van der Waals surface area contributed by atoms with Gasteiger partial charge >= 0.3 is 0 Å². The van der Waals surface area contributed by atoms with E-state index in [2.05, 4.69) is 14.9 Å². The van der Waals surface area contributed by atoms with Crippen LogP contribution in [0.2, 0.25) is 0 Å². The molecule has 120 valence electrons. The third-order valence-electron chi connectivity index (χ3n) is 4.26. The van der Waals surface area contributed by atoms with Gasteiger partial charge in [0.15, 0.2) is 0 Å². The SMILES string of the molecule is CC(N)(C(=O)N1CCN(c2cnccn2)CC1)c1ccccc1. The molecule has 23 heavy (non-hydrogen) atoms. The first-order valence-electron chi connectivity index (χ1n) is 7.74. The summed E-state index contributed by atoms with van der Waals surface area (Å²) in [6, 6.07) is 9.52. The zero-order valence-electron chi connectivity index (χ0n) is 13.2. The Kier molecular flexibility index (Phi) is 4.25. The lowest BCUT2D eigenvalue weighted by Gasteiger charge is -2.38. The van der Waals surface area contributed by atoms with Crippen LogP contribution in [-0.4, -0.2) is 47.0 Å². The smallest absolute Gasteiger partial charge is 0.247 e. The molecule has 2 aromatic rings. The van der Waals surface area contributed by atoms with Gasteiger partial charge in [-0.05, 0) is 12.5 Å². The lowest BCUT2D eigenvalue weighted by Crippen LogP contribution is -2.57. The van der Waals surface area contributed by atoms with E-state index in [0.29, 0.717) is 13.1 Å². The van der Waals surface area contributed by atoms with Gasteiger partial charge in [0.05, 0.1) is 6.20 Å². The largest absolute Gasteiger partial charge is 0.352 e. The second-order valence-corrected chi connectivity index (χ2v) is 5.91. The molecule has 1 saturated heterocycles. The molecular formula is C17H21N5O. The fourth-order valence-electron chi connectivity index (χ4n) is 2.83. The van der Waals surface area contributed by atoms with Crippen molar-refractivity contribution in [3.05, 3.63) is 54.5 Å². The third kappa shape index (κ3) is 3.17. The van der Waals surface area contributed by atoms with E-state index < -0.39 is 5.54 Å². The van der Waals surface area contributed by atoms with E-state index >= 15 is 0 Å². The number of carbonyl (C=O) groups excluding carboxylic acids is 1. The minimum Gasteiger partial charge on any atom is -0.352 e. The van der Waals surface area contributed by atoms with Gasteiger partial charge in [-0.3, -0.25) is 9.78 Å². The topological polar surface area (TPSA) is 75.4 Å². The Bertz CT molecular complexity index is 651. The van der Waals surface area contributed by atoms with E-state index in [-0.39, 0.29) is 5.91 Å². The van der Waals surface area contributed by atoms with E-state index in [1.807, 2.05) is 35.2 Å². The molecule has 6 nitrogen and oxygen atoms in total. The molecule has 2 N–H and O–H groups in total. The Morgan fingerprint density at radius 2 is 1.83 bits per heavy atom. The molecule has 0 bridgehead atoms. The fourth-order valence-corrected chi connectivity index (χ4v) is 2.83. The van der Waals surface area contributed by atoms with Gasteiger partial charge in [0.1, 0.15) is 11.4 Å². The summed E-state index contributed by atoms with van der Waals surface area (Å²) in [6.45, 7) is 4.51. The van der Waals surface area contributed by atoms with Crippen molar-refractivity contribution in [1.82, 2.24) is 14.9 Å². The molecule has 1 aliphatic heterocycles. The number of anilines is 1. The van der Waals surface area contributed by atoms with Crippen molar-refractivity contribution in [2.24, 2.45) is 5.73 Å². The predicted octanol–water partition coefficient (Wildman–Crippen LogP) is 0.999. The van der Waals surface area contributed by atoms with Crippen LogP contribution >= 0.6 is 0 Å². The fraction of sp³-hybridized carbons (Fsp3) is 0.353. The number of hydrogen-bond donors (Lipinski definition) is 1. The van der Waals surface area contributed by atoms with Crippen molar-refractivity contribution in [2.45, 2.75) is 12.5 Å². The standard InChI is InChI=1S/C17H21N5O/c1-17(18,14-5-3-2-4-6-14)16(23)22-11-9-21(10-12-22)15-13-19-7-8-20-15/h2-8,13H,9-12,18H2,1H3. The summed E-state index contributed by atoms with van der Waals surface area (Å²) in [5.41, 5.74) is 6.16. The molecule has 1 fully saturated rings. The molecule has 1 amide bonds. The van der Waals surface area contributed by atoms with Crippen LogP contribution in [0.1, 0.15) is 12.5 Å². The van der Waals surface area contributed by atoms with Gasteiger partial charge in [-0.1, -0.05) is 30.3 Å². The molecule has 0 spiro atoms. The Hall–Kier alpha value is -2.47. The van der Waals surface area contributed by atoms with E-state index in [0.717, 1.165) is 24.5 Å². The van der Waals surface area contributed by atoms with Crippen LogP contribution in [0.25, 0.3) is 0 Å². The number of rotatable bonds is 3. The van der Waals surface area contributed by atoms with Crippen LogP contribution < -0.4 is 10.6 Å². The second kappa shape index (κ2) is 6.34. The van der Waals surface area contributed by atoms with E-state index in [4.69, 9.17) is 5.73 Å². The van der Waals surface area contributed by atoms with E-state index in [1.165, 1.54) is 0 Å². The Morgan fingerprint density at radius 3 is 2.43 bits per heavy atom. The zero-order valence-corrected chi connectivity index (χ0v) is 13.2. The van der Waals surface area contributed by atoms with E-state index in [9.17, 15) is 4.79 Å². The van der Waals surface area contributed by atoms with Gasteiger partial charge < -0.3 is 15.5 Å². The van der Waals surface area contributed by atoms with Crippen LogP contribution in [0.5, 0.6) is 0 Å². The Labute approximate surface area is 135 Å². The number of amides is 1. The van der Waals surface area contributed by atoms with Crippen molar-refractivity contribution in [3.63, 3.8) is 0 Å². The number of piperazine rings is 1. The van der Waals surface area contributed by atoms with Crippen molar-refractivity contribution in [3.8, 4) is 0 Å². The minimum atomic E-state index is -1.00. The quantitative estimate of drug-likeness (QED) is 0.915. The predicted molar refractivity (Wildman–Crippen MR) is 88.8 cm³/mol. The summed E-state index contributed by atoms with van der Waals surface area (Å²) in [6.07, 6.45) is 5.08. The number of hydrogen-bond acceptors (Lipinski definition) is 5. The monoisotopic (exact) mass is 311 g/mol. The lowest BCUT2D eigenvalue weighted by molar-refractivity contribution is -0.137. The van der Waals surface area contributed by atoms with Gasteiger partial charge in [0.2, 0.25) is 5.91 Å². The summed E-state index contributed by atoms with van der Waals surface area (Å²) in [5.74, 6) is 0.806. The van der Waals surface area contributed by atoms with Crippen LogP contribution in [0.15, 0.2) is 48.9 Å². The van der Waals surface area contributed by atoms with Gasteiger partial charge in [0, 0.05) is 38.6 Å². The highest BCUT2D eigenvalue weighted by Gasteiger charge is 2.35. The number of carbonyl (C=O) groups is 1. The molecule has 0 radical (unpaired) electrons. The summed E-state index contributed by atoms with van der Waals surface area (Å²) in [5, 5.41) is 0. The Balaban J connectivity index is 1.67. The normalized spacial score (nSPS) is 17.7. The van der Waals surface area contributed by atoms with Crippen molar-refractivity contribution in [2.75, 3.05) is 31.1 Å². The molecule has 1 aromatic carbocycles. The highest BCUT2D eigenvalue weighted by atomic mass is 16.2. The average molecular weight is 311 g/mol. The van der Waals surface area contributed by atoms with Crippen LogP contribution in [0.4, 0.5) is 5.82 Å². The van der Waals surface area contributed by atoms with Crippen molar-refractivity contribution >= 4 is 11.7 Å². The van der Waals surface area contributed by atoms with Gasteiger partial charge in [-0.2, -0.15) is 0 Å². The minimum absolute atomic E-state index is 0.0394. The van der Waals surface area contributed by atoms with Crippen LogP contribution in [-0.2, 0) is 10.3 Å². The highest BCUT2D eigenvalue weighted by Crippen LogP contribution is 2.22. The maximum atomic E-state index is 12.8. The van der Waals surface area contributed by atoms with Gasteiger partial charge in [-0.15, -0.1) is 0 Å². The van der Waals surface area contributed by atoms with Crippen molar-refractivity contribution < 1.29 is 4.79 Å². The maximum absolute atomic E-state index is 12.8. The average Bonchev–Trinajstić information content (AvgIpc) is 2.63. The summed E-state index contributed by atoms with van der Waals surface area (Å²) >= 11 is 0. The van der Waals surface area contributed by atoms with E-state index in [1.54, 1.807) is 25.5 Å². The first-order chi connectivity index (χ1) is 11.1. The van der Waals surface area contributed by atoms with Crippen LogP contribution in [0, 0.1) is 0 Å². The number of nitrogens with two attached hydrogens (primary N) is 1. The summed E-state index contributed by atoms with van der Waals surface area (Å²) < 4.78 is 0. The molecule has 1 unspecified atom stereocenters. The van der Waals surface area contributed by atoms with Gasteiger partial charge in [0.25, 0.3) is 0 Å². The first kappa shape index (κ1) is 15.4. The number of aromatic nitrogens is 2. The number of benzene rings is 1. The third-order valence-corrected chi connectivity index (χ3v) is 4.26. The first-order valence-corrected chi connectivity index (χ1v) is 7.74. The highest BCUT2D eigenvalue weighted by molar-refractivity contribution is 5.87. The second-order valence-electron chi connectivity index (χ2n) is 5.91. The zero-order chi connectivity index (χ0) is 16.3. The molecule has 1 atom stereocenters. The van der Waals surface area contributed by atoms with Crippen LogP contribution in [0.3, 0.4) is 0 Å². The molecule has 0 saturated carbocycles. The molecule has 2 heterocycles. The van der Waals surface area contributed by atoms with Crippen molar-refractivity contribution in [1.29, 1.82) is 0 Å². The molecular weight excluding hydrogens is 290 g/mol. The molecule has 0 aliphatic carbocycles. The molecule has 3 rings (SSSR count).